The third kappa shape index (κ3) is 2.25. The van der Waals surface area contributed by atoms with Crippen LogP contribution in [-0.4, -0.2) is 0 Å². The number of nitrogens with two attached hydrogens (primary N) is 1. The van der Waals surface area contributed by atoms with Crippen molar-refractivity contribution >= 4 is 0 Å². The Morgan fingerprint density at radius 1 is 0.867 bits per heavy atom. The molecule has 0 aliphatic heterocycles. The van der Waals surface area contributed by atoms with Gasteiger partial charge in [0.2, 0.25) is 0 Å². The van der Waals surface area contributed by atoms with E-state index in [4.69, 9.17) is 5.73 Å². The van der Waals surface area contributed by atoms with Gasteiger partial charge in [-0.1, -0.05) is 48.5 Å². The molecule has 15 heavy (non-hydrogen) atoms. The van der Waals surface area contributed by atoms with Gasteiger partial charge in [-0.3, -0.25) is 0 Å². The average molecular weight is 197 g/mol. The Morgan fingerprint density at radius 3 is 2.20 bits per heavy atom. The lowest BCUT2D eigenvalue weighted by Gasteiger charge is -2.08. The Kier molecular flexibility index (Phi) is 2.84. The summed E-state index contributed by atoms with van der Waals surface area (Å²) in [6.45, 7) is 2.00. The van der Waals surface area contributed by atoms with Crippen LogP contribution in [0.1, 0.15) is 18.5 Å². The molecule has 76 valence electrons. The lowest BCUT2D eigenvalue weighted by atomic mass is 10.0. The SMILES string of the molecule is C[C@@H](N)c1cccc(-c2ccccc2)c1. The Morgan fingerprint density at radius 2 is 1.53 bits per heavy atom. The van der Waals surface area contributed by atoms with Crippen LogP contribution < -0.4 is 5.73 Å². The largest absolute Gasteiger partial charge is 0.324 e. The second-order valence-corrected chi connectivity index (χ2v) is 3.78. The Balaban J connectivity index is 2.42. The van der Waals surface area contributed by atoms with Gasteiger partial charge in [0, 0.05) is 6.04 Å². The summed E-state index contributed by atoms with van der Waals surface area (Å²) in [5.74, 6) is 0. The molecule has 0 aliphatic carbocycles. The summed E-state index contributed by atoms with van der Waals surface area (Å²) in [5, 5.41) is 0. The van der Waals surface area contributed by atoms with E-state index in [1.165, 1.54) is 16.7 Å². The van der Waals surface area contributed by atoms with Crippen molar-refractivity contribution in [3.8, 4) is 11.1 Å². The molecule has 1 nitrogen and oxygen atoms in total. The van der Waals surface area contributed by atoms with Gasteiger partial charge in [-0.05, 0) is 29.7 Å². The zero-order chi connectivity index (χ0) is 10.7. The fourth-order valence-corrected chi connectivity index (χ4v) is 1.63. The molecule has 0 aliphatic rings. The molecular weight excluding hydrogens is 182 g/mol. The van der Waals surface area contributed by atoms with Crippen LogP contribution in [0.4, 0.5) is 0 Å². The molecule has 0 spiro atoms. The van der Waals surface area contributed by atoms with Gasteiger partial charge >= 0.3 is 0 Å². The molecule has 2 rings (SSSR count). The van der Waals surface area contributed by atoms with Crippen molar-refractivity contribution in [3.05, 3.63) is 60.2 Å². The molecule has 0 fully saturated rings. The molecule has 2 aromatic carbocycles. The summed E-state index contributed by atoms with van der Waals surface area (Å²) in [6.07, 6.45) is 0. The monoisotopic (exact) mass is 197 g/mol. The molecule has 0 bridgehead atoms. The van der Waals surface area contributed by atoms with Gasteiger partial charge in [-0.15, -0.1) is 0 Å². The number of rotatable bonds is 2. The first-order valence-electron chi connectivity index (χ1n) is 5.18. The maximum atomic E-state index is 5.86. The Hall–Kier alpha value is -1.60. The first-order chi connectivity index (χ1) is 7.27. The normalized spacial score (nSPS) is 12.4. The summed E-state index contributed by atoms with van der Waals surface area (Å²) in [6, 6.07) is 18.8. The molecule has 0 aromatic heterocycles. The van der Waals surface area contributed by atoms with Crippen molar-refractivity contribution in [2.45, 2.75) is 13.0 Å². The number of benzene rings is 2. The number of hydrogen-bond donors (Lipinski definition) is 1. The zero-order valence-electron chi connectivity index (χ0n) is 8.85. The van der Waals surface area contributed by atoms with E-state index in [9.17, 15) is 0 Å². The maximum absolute atomic E-state index is 5.86. The standard InChI is InChI=1S/C14H15N/c1-11(15)13-8-5-9-14(10-13)12-6-3-2-4-7-12/h2-11H,15H2,1H3/t11-/m1/s1. The van der Waals surface area contributed by atoms with Gasteiger partial charge in [0.1, 0.15) is 0 Å². The number of hydrogen-bond acceptors (Lipinski definition) is 1. The summed E-state index contributed by atoms with van der Waals surface area (Å²) in [5.41, 5.74) is 9.50. The first kappa shape index (κ1) is 9.94. The van der Waals surface area contributed by atoms with E-state index < -0.39 is 0 Å². The molecule has 0 amide bonds. The van der Waals surface area contributed by atoms with Crippen LogP contribution in [0.25, 0.3) is 11.1 Å². The van der Waals surface area contributed by atoms with E-state index in [1.54, 1.807) is 0 Å². The molecule has 0 radical (unpaired) electrons. The fraction of sp³-hybridized carbons (Fsp3) is 0.143. The van der Waals surface area contributed by atoms with E-state index in [2.05, 4.69) is 36.4 Å². The highest BCUT2D eigenvalue weighted by Crippen LogP contribution is 2.21. The smallest absolute Gasteiger partial charge is 0.0266 e. The Labute approximate surface area is 90.6 Å². The second-order valence-electron chi connectivity index (χ2n) is 3.78. The van der Waals surface area contributed by atoms with Gasteiger partial charge in [-0.2, -0.15) is 0 Å². The van der Waals surface area contributed by atoms with Gasteiger partial charge in [0.05, 0.1) is 0 Å². The van der Waals surface area contributed by atoms with E-state index in [-0.39, 0.29) is 6.04 Å². The van der Waals surface area contributed by atoms with Crippen LogP contribution in [0.5, 0.6) is 0 Å². The highest BCUT2D eigenvalue weighted by molar-refractivity contribution is 5.64. The van der Waals surface area contributed by atoms with Gasteiger partial charge in [0.25, 0.3) is 0 Å². The summed E-state index contributed by atoms with van der Waals surface area (Å²) >= 11 is 0. The molecule has 1 heteroatoms. The topological polar surface area (TPSA) is 26.0 Å². The van der Waals surface area contributed by atoms with Crippen LogP contribution >= 0.6 is 0 Å². The van der Waals surface area contributed by atoms with Crippen molar-refractivity contribution in [2.24, 2.45) is 5.73 Å². The minimum absolute atomic E-state index is 0.0914. The molecule has 0 heterocycles. The van der Waals surface area contributed by atoms with Gasteiger partial charge in [0.15, 0.2) is 0 Å². The van der Waals surface area contributed by atoms with Crippen molar-refractivity contribution in [1.29, 1.82) is 0 Å². The van der Waals surface area contributed by atoms with E-state index >= 15 is 0 Å². The molecule has 0 saturated carbocycles. The van der Waals surface area contributed by atoms with Crippen molar-refractivity contribution in [3.63, 3.8) is 0 Å². The lowest BCUT2D eigenvalue weighted by molar-refractivity contribution is 0.819. The molecule has 0 unspecified atom stereocenters. The predicted octanol–water partition coefficient (Wildman–Crippen LogP) is 3.37. The third-order valence-electron chi connectivity index (χ3n) is 2.52. The molecule has 2 N–H and O–H groups in total. The van der Waals surface area contributed by atoms with E-state index in [0.29, 0.717) is 0 Å². The minimum Gasteiger partial charge on any atom is -0.324 e. The maximum Gasteiger partial charge on any atom is 0.0266 e. The quantitative estimate of drug-likeness (QED) is 0.784. The average Bonchev–Trinajstić information content (AvgIpc) is 2.30. The summed E-state index contributed by atoms with van der Waals surface area (Å²) < 4.78 is 0. The highest BCUT2D eigenvalue weighted by atomic mass is 14.6. The lowest BCUT2D eigenvalue weighted by Crippen LogP contribution is -2.04. The Bertz CT molecular complexity index is 432. The fourth-order valence-electron chi connectivity index (χ4n) is 1.63. The molecule has 2 aromatic rings. The van der Waals surface area contributed by atoms with Crippen LogP contribution in [0.3, 0.4) is 0 Å². The van der Waals surface area contributed by atoms with Gasteiger partial charge < -0.3 is 5.73 Å². The summed E-state index contributed by atoms with van der Waals surface area (Å²) in [4.78, 5) is 0. The minimum atomic E-state index is 0.0914. The third-order valence-corrected chi connectivity index (χ3v) is 2.52. The van der Waals surface area contributed by atoms with Crippen LogP contribution in [0, 0.1) is 0 Å². The molecule has 1 atom stereocenters. The molecular formula is C14H15N. The zero-order valence-corrected chi connectivity index (χ0v) is 8.85. The molecule has 0 saturated heterocycles. The van der Waals surface area contributed by atoms with E-state index in [1.807, 2.05) is 25.1 Å². The van der Waals surface area contributed by atoms with Crippen molar-refractivity contribution in [1.82, 2.24) is 0 Å². The highest BCUT2D eigenvalue weighted by Gasteiger charge is 2.01. The van der Waals surface area contributed by atoms with Crippen molar-refractivity contribution in [2.75, 3.05) is 0 Å². The first-order valence-corrected chi connectivity index (χ1v) is 5.18. The van der Waals surface area contributed by atoms with Gasteiger partial charge in [-0.25, -0.2) is 0 Å². The van der Waals surface area contributed by atoms with Crippen LogP contribution in [0.15, 0.2) is 54.6 Å². The van der Waals surface area contributed by atoms with E-state index in [0.717, 1.165) is 0 Å². The summed E-state index contributed by atoms with van der Waals surface area (Å²) in [7, 11) is 0. The van der Waals surface area contributed by atoms with Crippen LogP contribution in [-0.2, 0) is 0 Å². The van der Waals surface area contributed by atoms with Crippen molar-refractivity contribution < 1.29 is 0 Å². The van der Waals surface area contributed by atoms with Crippen LogP contribution in [0.2, 0.25) is 0 Å². The second kappa shape index (κ2) is 4.28. The predicted molar refractivity (Wildman–Crippen MR) is 64.5 cm³/mol.